The van der Waals surface area contributed by atoms with Crippen LogP contribution in [0.25, 0.3) is 0 Å². The minimum atomic E-state index is 0.126. The molecular formula is C16H23N3O. The summed E-state index contributed by atoms with van der Waals surface area (Å²) in [6.45, 7) is 5.76. The molecule has 0 saturated carbocycles. The molecule has 0 aliphatic rings. The summed E-state index contributed by atoms with van der Waals surface area (Å²) in [5.41, 5.74) is 7.10. The van der Waals surface area contributed by atoms with Crippen LogP contribution in [0.3, 0.4) is 0 Å². The Balaban J connectivity index is 2.67. The molecule has 0 saturated heterocycles. The number of carbonyl (C=O) groups is 1. The van der Waals surface area contributed by atoms with Crippen molar-refractivity contribution in [2.75, 3.05) is 13.1 Å². The molecule has 1 aromatic rings. The van der Waals surface area contributed by atoms with Gasteiger partial charge in [-0.05, 0) is 37.4 Å². The smallest absolute Gasteiger partial charge is 0.222 e. The first-order chi connectivity index (χ1) is 9.62. The lowest BCUT2D eigenvalue weighted by atomic mass is 10.0. The average Bonchev–Trinajstić information content (AvgIpc) is 2.50. The van der Waals surface area contributed by atoms with E-state index in [2.05, 4.69) is 13.0 Å². The number of nitriles is 1. The molecule has 0 spiro atoms. The first-order valence-electron chi connectivity index (χ1n) is 7.08. The fourth-order valence-corrected chi connectivity index (χ4v) is 2.00. The maximum Gasteiger partial charge on any atom is 0.222 e. The first-order valence-corrected chi connectivity index (χ1v) is 7.08. The van der Waals surface area contributed by atoms with Crippen molar-refractivity contribution < 1.29 is 4.79 Å². The van der Waals surface area contributed by atoms with E-state index in [1.807, 2.05) is 25.1 Å². The second-order valence-electron chi connectivity index (χ2n) is 5.06. The van der Waals surface area contributed by atoms with Crippen LogP contribution in [0.1, 0.15) is 37.8 Å². The Morgan fingerprint density at radius 1 is 1.45 bits per heavy atom. The summed E-state index contributed by atoms with van der Waals surface area (Å²) in [6.07, 6.45) is 1.33. The number of hydrogen-bond donors (Lipinski definition) is 1. The molecule has 1 atom stereocenters. The van der Waals surface area contributed by atoms with Crippen LogP contribution in [0.4, 0.5) is 0 Å². The van der Waals surface area contributed by atoms with Crippen LogP contribution < -0.4 is 5.73 Å². The lowest BCUT2D eigenvalue weighted by Gasteiger charge is -2.22. The monoisotopic (exact) mass is 273 g/mol. The Hall–Kier alpha value is -1.86. The summed E-state index contributed by atoms with van der Waals surface area (Å²) < 4.78 is 0. The summed E-state index contributed by atoms with van der Waals surface area (Å²) in [7, 11) is 0. The van der Waals surface area contributed by atoms with Crippen LogP contribution in [0.2, 0.25) is 0 Å². The van der Waals surface area contributed by atoms with Crippen molar-refractivity contribution in [3.63, 3.8) is 0 Å². The molecule has 0 aliphatic heterocycles. The van der Waals surface area contributed by atoms with Gasteiger partial charge in [0.25, 0.3) is 0 Å². The fourth-order valence-electron chi connectivity index (χ4n) is 2.00. The van der Waals surface area contributed by atoms with E-state index in [1.165, 1.54) is 0 Å². The number of nitrogens with zero attached hydrogens (tertiary/aromatic N) is 2. The zero-order chi connectivity index (χ0) is 15.0. The van der Waals surface area contributed by atoms with Crippen LogP contribution in [-0.2, 0) is 11.3 Å². The van der Waals surface area contributed by atoms with Crippen molar-refractivity contribution in [2.45, 2.75) is 33.2 Å². The molecule has 1 rings (SSSR count). The molecule has 0 fully saturated rings. The van der Waals surface area contributed by atoms with Crippen LogP contribution in [-0.4, -0.2) is 23.9 Å². The summed E-state index contributed by atoms with van der Waals surface area (Å²) >= 11 is 0. The maximum atomic E-state index is 12.2. The number of carbonyl (C=O) groups excluding carboxylic acids is 1. The highest BCUT2D eigenvalue weighted by atomic mass is 16.2. The molecule has 4 heteroatoms. The van der Waals surface area contributed by atoms with Crippen LogP contribution >= 0.6 is 0 Å². The average molecular weight is 273 g/mol. The quantitative estimate of drug-likeness (QED) is 0.828. The molecule has 1 amide bonds. The normalized spacial score (nSPS) is 11.7. The zero-order valence-corrected chi connectivity index (χ0v) is 12.3. The largest absolute Gasteiger partial charge is 0.339 e. The summed E-state index contributed by atoms with van der Waals surface area (Å²) in [5, 5.41) is 9.08. The molecular weight excluding hydrogens is 250 g/mol. The van der Waals surface area contributed by atoms with E-state index in [0.717, 1.165) is 12.0 Å². The van der Waals surface area contributed by atoms with Gasteiger partial charge in [0.1, 0.15) is 0 Å². The summed E-state index contributed by atoms with van der Waals surface area (Å²) in [4.78, 5) is 14.0. The van der Waals surface area contributed by atoms with Gasteiger partial charge in [-0.3, -0.25) is 4.79 Å². The van der Waals surface area contributed by atoms with Crippen molar-refractivity contribution in [2.24, 2.45) is 11.7 Å². The molecule has 1 aromatic carbocycles. The topological polar surface area (TPSA) is 70.1 Å². The van der Waals surface area contributed by atoms with E-state index >= 15 is 0 Å². The highest BCUT2D eigenvalue weighted by Gasteiger charge is 2.14. The predicted octanol–water partition coefficient (Wildman–Crippen LogP) is 2.28. The molecule has 0 bridgehead atoms. The van der Waals surface area contributed by atoms with Gasteiger partial charge in [0.15, 0.2) is 0 Å². The van der Waals surface area contributed by atoms with Gasteiger partial charge < -0.3 is 10.6 Å². The summed E-state index contributed by atoms with van der Waals surface area (Å²) in [6, 6.07) is 9.58. The summed E-state index contributed by atoms with van der Waals surface area (Å²) in [5.74, 6) is 0.490. The Bertz CT molecular complexity index is 479. The van der Waals surface area contributed by atoms with Crippen molar-refractivity contribution in [3.8, 4) is 6.07 Å². The van der Waals surface area contributed by atoms with Gasteiger partial charge in [-0.25, -0.2) is 0 Å². The fraction of sp³-hybridized carbons (Fsp3) is 0.500. The van der Waals surface area contributed by atoms with Crippen molar-refractivity contribution in [1.82, 2.24) is 4.90 Å². The van der Waals surface area contributed by atoms with E-state index in [-0.39, 0.29) is 5.91 Å². The Morgan fingerprint density at radius 2 is 2.15 bits per heavy atom. The van der Waals surface area contributed by atoms with Crippen LogP contribution in [0, 0.1) is 17.2 Å². The second-order valence-corrected chi connectivity index (χ2v) is 5.06. The molecule has 20 heavy (non-hydrogen) atoms. The van der Waals surface area contributed by atoms with Crippen LogP contribution in [0.5, 0.6) is 0 Å². The van der Waals surface area contributed by atoms with Crippen LogP contribution in [0.15, 0.2) is 24.3 Å². The molecule has 2 N–H and O–H groups in total. The van der Waals surface area contributed by atoms with E-state index in [1.54, 1.807) is 11.0 Å². The second kappa shape index (κ2) is 8.34. The number of hydrogen-bond acceptors (Lipinski definition) is 3. The third-order valence-electron chi connectivity index (χ3n) is 3.49. The highest BCUT2D eigenvalue weighted by Crippen LogP contribution is 2.13. The Kier molecular flexibility index (Phi) is 6.75. The molecule has 0 aliphatic carbocycles. The van der Waals surface area contributed by atoms with Gasteiger partial charge in [-0.1, -0.05) is 25.1 Å². The van der Waals surface area contributed by atoms with Crippen molar-refractivity contribution >= 4 is 5.91 Å². The highest BCUT2D eigenvalue weighted by molar-refractivity contribution is 5.76. The standard InChI is InChI=1S/C16H23N3O/c1-3-19(16(20)9-8-13(2)10-17)12-15-7-5-4-6-14(15)11-18/h4-7,13H,3,8-10,12,17H2,1-2H3. The molecule has 4 nitrogen and oxygen atoms in total. The SMILES string of the molecule is CCN(Cc1ccccc1C#N)C(=O)CCC(C)CN. The number of rotatable bonds is 7. The number of amides is 1. The maximum absolute atomic E-state index is 12.2. The lowest BCUT2D eigenvalue weighted by Crippen LogP contribution is -2.31. The molecule has 0 aromatic heterocycles. The van der Waals surface area contributed by atoms with E-state index in [4.69, 9.17) is 11.0 Å². The minimum absolute atomic E-state index is 0.126. The van der Waals surface area contributed by atoms with E-state index < -0.39 is 0 Å². The van der Waals surface area contributed by atoms with Gasteiger partial charge in [0.05, 0.1) is 11.6 Å². The van der Waals surface area contributed by atoms with Crippen molar-refractivity contribution in [1.29, 1.82) is 5.26 Å². The Morgan fingerprint density at radius 3 is 2.75 bits per heavy atom. The number of nitrogens with two attached hydrogens (primary N) is 1. The first kappa shape index (κ1) is 16.2. The molecule has 0 heterocycles. The van der Waals surface area contributed by atoms with Gasteiger partial charge in [-0.2, -0.15) is 5.26 Å². The van der Waals surface area contributed by atoms with Gasteiger partial charge >= 0.3 is 0 Å². The minimum Gasteiger partial charge on any atom is -0.339 e. The third kappa shape index (κ3) is 4.67. The van der Waals surface area contributed by atoms with Gasteiger partial charge in [0, 0.05) is 19.5 Å². The van der Waals surface area contributed by atoms with E-state index in [9.17, 15) is 4.79 Å². The van der Waals surface area contributed by atoms with Gasteiger partial charge in [-0.15, -0.1) is 0 Å². The lowest BCUT2D eigenvalue weighted by molar-refractivity contribution is -0.131. The Labute approximate surface area is 121 Å². The van der Waals surface area contributed by atoms with E-state index in [0.29, 0.717) is 37.5 Å². The molecule has 108 valence electrons. The number of benzene rings is 1. The molecule has 1 unspecified atom stereocenters. The van der Waals surface area contributed by atoms with Crippen molar-refractivity contribution in [3.05, 3.63) is 35.4 Å². The molecule has 0 radical (unpaired) electrons. The zero-order valence-electron chi connectivity index (χ0n) is 12.3. The van der Waals surface area contributed by atoms with Gasteiger partial charge in [0.2, 0.25) is 5.91 Å². The third-order valence-corrected chi connectivity index (χ3v) is 3.49. The predicted molar refractivity (Wildman–Crippen MR) is 79.7 cm³/mol.